The van der Waals surface area contributed by atoms with Gasteiger partial charge in [0.05, 0.1) is 5.52 Å². The van der Waals surface area contributed by atoms with E-state index in [1.54, 1.807) is 4.57 Å². The summed E-state index contributed by atoms with van der Waals surface area (Å²) in [6, 6.07) is 8.07. The Morgan fingerprint density at radius 1 is 1.14 bits per heavy atom. The Labute approximate surface area is 133 Å². The third kappa shape index (κ3) is 3.97. The molecule has 2 nitrogen and oxygen atoms in total. The molecule has 0 aliphatic rings. The first-order chi connectivity index (χ1) is 10.5. The minimum atomic E-state index is 0.163. The van der Waals surface area contributed by atoms with Gasteiger partial charge in [-0.3, -0.25) is 9.36 Å². The number of carbonyl (C=O) groups is 1. The van der Waals surface area contributed by atoms with Gasteiger partial charge >= 0.3 is 0 Å². The molecule has 0 atom stereocenters. The molecule has 0 saturated heterocycles. The molecule has 0 aliphatic carbocycles. The lowest BCUT2D eigenvalue weighted by Crippen LogP contribution is -2.08. The second kappa shape index (κ2) is 7.26. The average molecular weight is 295 g/mol. The summed E-state index contributed by atoms with van der Waals surface area (Å²) in [6.45, 7) is 8.39. The van der Waals surface area contributed by atoms with Gasteiger partial charge in [-0.15, -0.1) is 0 Å². The van der Waals surface area contributed by atoms with Crippen molar-refractivity contribution in [1.82, 2.24) is 4.57 Å². The molecule has 0 unspecified atom stereocenters. The molecule has 0 spiro atoms. The van der Waals surface area contributed by atoms with Crippen LogP contribution in [0.4, 0.5) is 0 Å². The molecule has 0 radical (unpaired) electrons. The summed E-state index contributed by atoms with van der Waals surface area (Å²) in [5.74, 6) is 0.163. The highest BCUT2D eigenvalue weighted by atomic mass is 16.2. The lowest BCUT2D eigenvalue weighted by atomic mass is 10.1. The topological polar surface area (TPSA) is 22.0 Å². The Balaban J connectivity index is 2.03. The molecule has 0 aliphatic heterocycles. The molecular weight excluding hydrogens is 270 g/mol. The Kier molecular flexibility index (Phi) is 5.37. The van der Waals surface area contributed by atoms with Crippen LogP contribution in [0, 0.1) is 6.92 Å². The van der Waals surface area contributed by atoms with Crippen LogP contribution in [0.5, 0.6) is 0 Å². The van der Waals surface area contributed by atoms with Crippen LogP contribution in [-0.2, 0) is 0 Å². The van der Waals surface area contributed by atoms with Crippen molar-refractivity contribution in [1.29, 1.82) is 0 Å². The monoisotopic (exact) mass is 295 g/mol. The molecule has 116 valence electrons. The molecule has 1 heterocycles. The number of aromatic nitrogens is 1. The summed E-state index contributed by atoms with van der Waals surface area (Å²) in [7, 11) is 0. The van der Waals surface area contributed by atoms with Crippen LogP contribution in [-0.4, -0.2) is 10.5 Å². The van der Waals surface area contributed by atoms with Crippen molar-refractivity contribution in [2.75, 3.05) is 0 Å². The van der Waals surface area contributed by atoms with Crippen LogP contribution in [0.25, 0.3) is 10.9 Å². The van der Waals surface area contributed by atoms with Gasteiger partial charge in [0.1, 0.15) is 0 Å². The Hall–Kier alpha value is -2.09. The van der Waals surface area contributed by atoms with Crippen LogP contribution < -0.4 is 0 Å². The third-order valence-corrected chi connectivity index (χ3v) is 3.86. The Bertz CT molecular complexity index is 727. The van der Waals surface area contributed by atoms with E-state index >= 15 is 0 Å². The molecule has 0 N–H and O–H groups in total. The van der Waals surface area contributed by atoms with E-state index < -0.39 is 0 Å². The van der Waals surface area contributed by atoms with E-state index in [2.05, 4.69) is 45.9 Å². The van der Waals surface area contributed by atoms with Crippen molar-refractivity contribution in [2.45, 2.75) is 47.0 Å². The maximum atomic E-state index is 12.4. The lowest BCUT2D eigenvalue weighted by Gasteiger charge is -2.03. The first-order valence-electron chi connectivity index (χ1n) is 7.88. The zero-order valence-corrected chi connectivity index (χ0v) is 14.0. The number of para-hydroxylation sites is 1. The van der Waals surface area contributed by atoms with Gasteiger partial charge in [0.15, 0.2) is 0 Å². The van der Waals surface area contributed by atoms with E-state index in [4.69, 9.17) is 0 Å². The number of carbonyl (C=O) groups excluding carboxylic acids is 1. The van der Waals surface area contributed by atoms with Crippen LogP contribution in [0.2, 0.25) is 0 Å². The molecular formula is C20H25NO. The van der Waals surface area contributed by atoms with E-state index in [1.165, 1.54) is 11.1 Å². The van der Waals surface area contributed by atoms with Crippen LogP contribution >= 0.6 is 0 Å². The van der Waals surface area contributed by atoms with Crippen LogP contribution in [0.1, 0.15) is 50.4 Å². The number of hydrogen-bond donors (Lipinski definition) is 0. The number of allylic oxidation sites excluding steroid dienone is 4. The summed E-state index contributed by atoms with van der Waals surface area (Å²) in [6.07, 6.45) is 8.66. The fourth-order valence-electron chi connectivity index (χ4n) is 2.57. The van der Waals surface area contributed by atoms with Gasteiger partial charge in [-0.25, -0.2) is 0 Å². The largest absolute Gasteiger partial charge is 0.287 e. The third-order valence-electron chi connectivity index (χ3n) is 3.86. The minimum Gasteiger partial charge on any atom is -0.287 e. The highest BCUT2D eigenvalue weighted by molar-refractivity contribution is 5.94. The van der Waals surface area contributed by atoms with Crippen molar-refractivity contribution >= 4 is 16.8 Å². The fraction of sp³-hybridized carbons (Fsp3) is 0.350. The highest BCUT2D eigenvalue weighted by Gasteiger charge is 2.10. The first kappa shape index (κ1) is 16.3. The number of benzene rings is 1. The number of hydrogen-bond acceptors (Lipinski definition) is 1. The Morgan fingerprint density at radius 2 is 1.86 bits per heavy atom. The molecule has 22 heavy (non-hydrogen) atoms. The summed E-state index contributed by atoms with van der Waals surface area (Å²) in [5.41, 5.74) is 4.81. The summed E-state index contributed by atoms with van der Waals surface area (Å²) in [5, 5.41) is 1.16. The number of nitrogens with zero attached hydrogens (tertiary/aromatic N) is 1. The lowest BCUT2D eigenvalue weighted by molar-refractivity contribution is 0.0909. The fourth-order valence-corrected chi connectivity index (χ4v) is 2.57. The van der Waals surface area contributed by atoms with E-state index in [-0.39, 0.29) is 5.91 Å². The molecule has 0 bridgehead atoms. The molecule has 2 heteroatoms. The molecule has 0 fully saturated rings. The number of fused-ring (bicyclic) bond motifs is 1. The SMILES string of the molecule is CC(C)=CC/C(C)=C/CCC(=O)n1cc(C)c2ccccc21. The summed E-state index contributed by atoms with van der Waals surface area (Å²) < 4.78 is 1.80. The quantitative estimate of drug-likeness (QED) is 0.651. The van der Waals surface area contributed by atoms with Gasteiger partial charge in [0.25, 0.3) is 0 Å². The standard InChI is InChI=1S/C20H25NO/c1-15(2)12-13-16(3)8-7-11-20(22)21-14-17(4)18-9-5-6-10-19(18)21/h5-6,8-10,12,14H,7,11,13H2,1-4H3/b16-8+. The molecule has 1 aromatic heterocycles. The van der Waals surface area contributed by atoms with Gasteiger partial charge in [0.2, 0.25) is 5.91 Å². The number of rotatable bonds is 5. The molecule has 1 aromatic carbocycles. The van der Waals surface area contributed by atoms with E-state index in [0.29, 0.717) is 6.42 Å². The van der Waals surface area contributed by atoms with Crippen molar-refractivity contribution in [3.63, 3.8) is 0 Å². The van der Waals surface area contributed by atoms with E-state index in [1.807, 2.05) is 24.4 Å². The van der Waals surface area contributed by atoms with Gasteiger partial charge in [0, 0.05) is 18.0 Å². The minimum absolute atomic E-state index is 0.163. The summed E-state index contributed by atoms with van der Waals surface area (Å²) in [4.78, 5) is 12.4. The van der Waals surface area contributed by atoms with E-state index in [0.717, 1.165) is 29.3 Å². The normalized spacial score (nSPS) is 11.7. The van der Waals surface area contributed by atoms with Gasteiger partial charge in [-0.05, 0) is 52.2 Å². The van der Waals surface area contributed by atoms with Gasteiger partial charge in [-0.1, -0.05) is 41.5 Å². The van der Waals surface area contributed by atoms with Gasteiger partial charge in [-0.2, -0.15) is 0 Å². The molecule has 2 aromatic rings. The molecule has 0 saturated carbocycles. The maximum Gasteiger partial charge on any atom is 0.231 e. The van der Waals surface area contributed by atoms with Crippen LogP contribution in [0.3, 0.4) is 0 Å². The zero-order chi connectivity index (χ0) is 16.1. The molecule has 2 rings (SSSR count). The number of aryl methyl sites for hydroxylation is 1. The maximum absolute atomic E-state index is 12.4. The predicted octanol–water partition coefficient (Wildman–Crippen LogP) is 5.67. The van der Waals surface area contributed by atoms with Crippen LogP contribution in [0.15, 0.2) is 53.8 Å². The second-order valence-corrected chi connectivity index (χ2v) is 6.17. The first-order valence-corrected chi connectivity index (χ1v) is 7.88. The van der Waals surface area contributed by atoms with Crippen molar-refractivity contribution in [2.24, 2.45) is 0 Å². The van der Waals surface area contributed by atoms with Crippen molar-refractivity contribution in [3.8, 4) is 0 Å². The van der Waals surface area contributed by atoms with Crippen molar-refractivity contribution < 1.29 is 4.79 Å². The Morgan fingerprint density at radius 3 is 2.59 bits per heavy atom. The van der Waals surface area contributed by atoms with E-state index in [9.17, 15) is 4.79 Å². The predicted molar refractivity (Wildman–Crippen MR) is 94.3 cm³/mol. The van der Waals surface area contributed by atoms with Gasteiger partial charge < -0.3 is 0 Å². The highest BCUT2D eigenvalue weighted by Crippen LogP contribution is 2.21. The zero-order valence-electron chi connectivity index (χ0n) is 14.0. The summed E-state index contributed by atoms with van der Waals surface area (Å²) >= 11 is 0. The molecule has 0 amide bonds. The average Bonchev–Trinajstić information content (AvgIpc) is 2.83. The van der Waals surface area contributed by atoms with Crippen molar-refractivity contribution in [3.05, 3.63) is 59.3 Å². The smallest absolute Gasteiger partial charge is 0.231 e. The second-order valence-electron chi connectivity index (χ2n) is 6.17.